The van der Waals surface area contributed by atoms with Crippen molar-refractivity contribution in [3.05, 3.63) is 35.4 Å². The normalized spacial score (nSPS) is 13.4. The number of nitrogens with two attached hydrogens (primary N) is 1. The summed E-state index contributed by atoms with van der Waals surface area (Å²) in [5.41, 5.74) is 2.59. The van der Waals surface area contributed by atoms with Crippen molar-refractivity contribution < 1.29 is 14.9 Å². The van der Waals surface area contributed by atoms with Gasteiger partial charge in [-0.05, 0) is 17.9 Å². The fourth-order valence-electron chi connectivity index (χ4n) is 2.71. The Morgan fingerprint density at radius 3 is 2.12 bits per heavy atom. The average molecular weight is 349 g/mol. The summed E-state index contributed by atoms with van der Waals surface area (Å²) in [7, 11) is 3.36. The molecule has 2 amide bonds. The van der Waals surface area contributed by atoms with Gasteiger partial charge in [0.05, 0.1) is 6.54 Å². The summed E-state index contributed by atoms with van der Waals surface area (Å²) in [6, 6.07) is 8.97. The molecule has 0 radical (unpaired) electrons. The number of carbonyl (C=O) groups excluding carboxylic acids is 2. The van der Waals surface area contributed by atoms with Crippen LogP contribution in [0.5, 0.6) is 0 Å². The lowest BCUT2D eigenvalue weighted by Gasteiger charge is -2.20. The Balaban J connectivity index is 2.62. The first-order valence-corrected chi connectivity index (χ1v) is 9.16. The van der Waals surface area contributed by atoms with E-state index in [1.807, 2.05) is 0 Å². The number of hydrogen-bond acceptors (Lipinski definition) is 2. The second-order valence-corrected chi connectivity index (χ2v) is 7.25. The third-order valence-electron chi connectivity index (χ3n) is 4.71. The zero-order chi connectivity index (χ0) is 19.0. The monoisotopic (exact) mass is 348 g/mol. The summed E-state index contributed by atoms with van der Waals surface area (Å²) in [4.78, 5) is 25.0. The number of carbonyl (C=O) groups is 2. The van der Waals surface area contributed by atoms with Gasteiger partial charge in [-0.3, -0.25) is 9.59 Å². The van der Waals surface area contributed by atoms with E-state index in [9.17, 15) is 9.59 Å². The molecule has 0 aromatic heterocycles. The molecular formula is C20H34N3O2+. The Hall–Kier alpha value is -1.88. The van der Waals surface area contributed by atoms with Gasteiger partial charge in [0.2, 0.25) is 5.91 Å². The molecule has 0 spiro atoms. The Bertz CT molecular complexity index is 553. The molecule has 1 rings (SSSR count). The standard InChI is InChI=1S/C20H33N3O2/c1-7-15(4)16-8-10-17(11-9-16)20(14(2)3)22-12-18(24)21-13-19(25)23(5)6/h8-11,14-15,20,22H,7,12-13H2,1-6H3,(H,21,24)/p+1/t15-,20+/m0/s1. The van der Waals surface area contributed by atoms with Gasteiger partial charge in [-0.15, -0.1) is 0 Å². The van der Waals surface area contributed by atoms with Crippen LogP contribution in [-0.2, 0) is 9.59 Å². The number of rotatable bonds is 9. The van der Waals surface area contributed by atoms with Crippen LogP contribution < -0.4 is 10.6 Å². The lowest BCUT2D eigenvalue weighted by Crippen LogP contribution is -2.88. The smallest absolute Gasteiger partial charge is 0.275 e. The molecule has 5 nitrogen and oxygen atoms in total. The van der Waals surface area contributed by atoms with E-state index >= 15 is 0 Å². The molecule has 0 saturated heterocycles. The van der Waals surface area contributed by atoms with Crippen LogP contribution in [0.4, 0.5) is 0 Å². The molecule has 5 heteroatoms. The lowest BCUT2D eigenvalue weighted by atomic mass is 9.92. The molecule has 0 unspecified atom stereocenters. The fourth-order valence-corrected chi connectivity index (χ4v) is 2.71. The van der Waals surface area contributed by atoms with E-state index in [2.05, 4.69) is 62.6 Å². The minimum absolute atomic E-state index is 0.0512. The first kappa shape index (κ1) is 21.2. The van der Waals surface area contributed by atoms with Gasteiger partial charge < -0.3 is 15.5 Å². The van der Waals surface area contributed by atoms with Gasteiger partial charge in [0.25, 0.3) is 5.91 Å². The maximum Gasteiger partial charge on any atom is 0.275 e. The number of nitrogens with zero attached hydrogens (tertiary/aromatic N) is 1. The highest BCUT2D eigenvalue weighted by Crippen LogP contribution is 2.22. The second kappa shape index (κ2) is 10.2. The molecule has 0 bridgehead atoms. The van der Waals surface area contributed by atoms with Crippen LogP contribution in [0.25, 0.3) is 0 Å². The second-order valence-electron chi connectivity index (χ2n) is 7.25. The molecule has 0 heterocycles. The first-order chi connectivity index (χ1) is 11.8. The number of quaternary nitrogens is 1. The van der Waals surface area contributed by atoms with Gasteiger partial charge in [-0.2, -0.15) is 0 Å². The minimum Gasteiger partial charge on any atom is -0.347 e. The van der Waals surface area contributed by atoms with Crippen molar-refractivity contribution in [2.75, 3.05) is 27.2 Å². The predicted molar refractivity (Wildman–Crippen MR) is 101 cm³/mol. The summed E-state index contributed by atoms with van der Waals surface area (Å²) in [5.74, 6) is 0.757. The topological polar surface area (TPSA) is 66.0 Å². The van der Waals surface area contributed by atoms with Gasteiger partial charge in [0.15, 0.2) is 6.54 Å². The highest BCUT2D eigenvalue weighted by molar-refractivity contribution is 5.84. The van der Waals surface area contributed by atoms with Crippen molar-refractivity contribution in [3.63, 3.8) is 0 Å². The number of hydrogen-bond donors (Lipinski definition) is 2. The van der Waals surface area contributed by atoms with Crippen molar-refractivity contribution in [3.8, 4) is 0 Å². The molecule has 1 aromatic carbocycles. The van der Waals surface area contributed by atoms with Crippen LogP contribution in [0.3, 0.4) is 0 Å². The number of likely N-dealkylation sites (N-methyl/N-ethyl adjacent to an activating group) is 1. The minimum atomic E-state index is -0.114. The zero-order valence-corrected chi connectivity index (χ0v) is 16.5. The molecule has 0 aliphatic carbocycles. The predicted octanol–water partition coefficient (Wildman–Crippen LogP) is 1.67. The maximum atomic E-state index is 12.0. The quantitative estimate of drug-likeness (QED) is 0.713. The van der Waals surface area contributed by atoms with E-state index in [4.69, 9.17) is 0 Å². The SMILES string of the molecule is CC[C@H](C)c1ccc([C@H]([NH2+]CC(=O)NCC(=O)N(C)C)C(C)C)cc1. The summed E-state index contributed by atoms with van der Waals surface area (Å²) >= 11 is 0. The van der Waals surface area contributed by atoms with E-state index < -0.39 is 0 Å². The molecule has 1 aromatic rings. The molecule has 3 N–H and O–H groups in total. The number of amides is 2. The van der Waals surface area contributed by atoms with Crippen molar-refractivity contribution in [2.24, 2.45) is 5.92 Å². The van der Waals surface area contributed by atoms with Crippen molar-refractivity contribution >= 4 is 11.8 Å². The van der Waals surface area contributed by atoms with E-state index in [0.29, 0.717) is 18.4 Å². The Morgan fingerprint density at radius 2 is 1.64 bits per heavy atom. The summed E-state index contributed by atoms with van der Waals surface area (Å²) < 4.78 is 0. The zero-order valence-electron chi connectivity index (χ0n) is 16.5. The molecule has 2 atom stereocenters. The third-order valence-corrected chi connectivity index (χ3v) is 4.71. The molecule has 0 aliphatic heterocycles. The Labute approximate surface area is 152 Å². The molecular weight excluding hydrogens is 314 g/mol. The maximum absolute atomic E-state index is 12.0. The lowest BCUT2D eigenvalue weighted by molar-refractivity contribution is -0.692. The van der Waals surface area contributed by atoms with E-state index in [0.717, 1.165) is 6.42 Å². The van der Waals surface area contributed by atoms with Crippen LogP contribution >= 0.6 is 0 Å². The van der Waals surface area contributed by atoms with Crippen molar-refractivity contribution in [1.82, 2.24) is 10.2 Å². The van der Waals surface area contributed by atoms with Crippen LogP contribution in [0.1, 0.15) is 57.2 Å². The fraction of sp³-hybridized carbons (Fsp3) is 0.600. The van der Waals surface area contributed by atoms with Crippen LogP contribution in [0, 0.1) is 5.92 Å². The van der Waals surface area contributed by atoms with Gasteiger partial charge in [-0.1, -0.05) is 52.0 Å². The molecule has 0 aliphatic rings. The highest BCUT2D eigenvalue weighted by Gasteiger charge is 2.21. The van der Waals surface area contributed by atoms with Crippen molar-refractivity contribution in [1.29, 1.82) is 0 Å². The average Bonchev–Trinajstić information content (AvgIpc) is 2.59. The van der Waals surface area contributed by atoms with Gasteiger partial charge in [0, 0.05) is 25.6 Å². The largest absolute Gasteiger partial charge is 0.347 e. The van der Waals surface area contributed by atoms with E-state index in [1.165, 1.54) is 16.0 Å². The Morgan fingerprint density at radius 1 is 1.08 bits per heavy atom. The molecule has 0 fully saturated rings. The van der Waals surface area contributed by atoms with E-state index in [-0.39, 0.29) is 24.4 Å². The molecule has 0 saturated carbocycles. The molecule has 25 heavy (non-hydrogen) atoms. The summed E-state index contributed by atoms with van der Waals surface area (Å²) in [5, 5.41) is 4.73. The highest BCUT2D eigenvalue weighted by atomic mass is 16.2. The number of nitrogens with one attached hydrogen (secondary N) is 1. The summed E-state index contributed by atoms with van der Waals surface area (Å²) in [6.45, 7) is 9.13. The Kier molecular flexibility index (Phi) is 8.62. The van der Waals surface area contributed by atoms with Gasteiger partial charge >= 0.3 is 0 Å². The van der Waals surface area contributed by atoms with Crippen LogP contribution in [0.2, 0.25) is 0 Å². The first-order valence-electron chi connectivity index (χ1n) is 9.16. The van der Waals surface area contributed by atoms with E-state index in [1.54, 1.807) is 14.1 Å². The third kappa shape index (κ3) is 6.86. The van der Waals surface area contributed by atoms with Crippen molar-refractivity contribution in [2.45, 2.75) is 46.1 Å². The van der Waals surface area contributed by atoms with Crippen LogP contribution in [-0.4, -0.2) is 43.9 Å². The molecule has 140 valence electrons. The summed E-state index contributed by atoms with van der Waals surface area (Å²) in [6.07, 6.45) is 1.13. The number of benzene rings is 1. The van der Waals surface area contributed by atoms with Gasteiger partial charge in [-0.25, -0.2) is 0 Å². The van der Waals surface area contributed by atoms with Crippen LogP contribution in [0.15, 0.2) is 24.3 Å². The van der Waals surface area contributed by atoms with Gasteiger partial charge in [0.1, 0.15) is 6.04 Å².